The molecule has 7 heteroatoms. The molecule has 2 rings (SSSR count). The largest absolute Gasteiger partial charge is 0.269 e. The summed E-state index contributed by atoms with van der Waals surface area (Å²) in [6.07, 6.45) is 1.20. The van der Waals surface area contributed by atoms with Gasteiger partial charge in [0.15, 0.2) is 0 Å². The minimum atomic E-state index is -3.94. The molecule has 0 radical (unpaired) electrons. The van der Waals surface area contributed by atoms with Crippen molar-refractivity contribution in [1.82, 2.24) is 4.31 Å². The van der Waals surface area contributed by atoms with E-state index in [0.29, 0.717) is 5.57 Å². The Morgan fingerprint density at radius 3 is 2.79 bits per heavy atom. The van der Waals surface area contributed by atoms with Gasteiger partial charge in [0.05, 0.1) is 23.2 Å². The Hall–Kier alpha value is -1.84. The molecule has 0 aliphatic carbocycles. The van der Waals surface area contributed by atoms with Crippen LogP contribution in [0.3, 0.4) is 0 Å². The molecule has 98 valence electrons. The molecule has 1 amide bonds. The fraction of sp³-hybridized carbons (Fsp3) is 0.167. The standard InChI is InChI=1S/C12H9ClN2O3S/c1-8(5-6-14)7-15-12(16)9-3-2-4-10(13)11(9)19(15,17)18/h2-5H,7H2,1H3/b8-5+. The Morgan fingerprint density at radius 2 is 2.21 bits per heavy atom. The van der Waals surface area contributed by atoms with Crippen molar-refractivity contribution >= 4 is 27.5 Å². The number of hydrogen-bond acceptors (Lipinski definition) is 4. The van der Waals surface area contributed by atoms with E-state index in [1.807, 2.05) is 0 Å². The van der Waals surface area contributed by atoms with Crippen molar-refractivity contribution in [2.45, 2.75) is 11.8 Å². The van der Waals surface area contributed by atoms with Gasteiger partial charge in [-0.05, 0) is 24.6 Å². The zero-order chi connectivity index (χ0) is 14.2. The number of carbonyl (C=O) groups excluding carboxylic acids is 1. The van der Waals surface area contributed by atoms with E-state index in [9.17, 15) is 13.2 Å². The average Bonchev–Trinajstić information content (AvgIpc) is 2.52. The molecule has 0 saturated carbocycles. The maximum atomic E-state index is 12.3. The Bertz CT molecular complexity index is 732. The smallest absolute Gasteiger partial charge is 0.268 e. The molecule has 0 spiro atoms. The highest BCUT2D eigenvalue weighted by Crippen LogP contribution is 2.35. The van der Waals surface area contributed by atoms with Crippen LogP contribution in [0.25, 0.3) is 0 Å². The third-order valence-corrected chi connectivity index (χ3v) is 4.93. The minimum Gasteiger partial charge on any atom is -0.268 e. The molecular formula is C12H9ClN2O3S. The van der Waals surface area contributed by atoms with Gasteiger partial charge >= 0.3 is 0 Å². The first-order chi connectivity index (χ1) is 8.89. The van der Waals surface area contributed by atoms with Crippen LogP contribution in [0.2, 0.25) is 5.02 Å². The summed E-state index contributed by atoms with van der Waals surface area (Å²) >= 11 is 5.86. The molecule has 5 nitrogen and oxygen atoms in total. The number of nitrogens with zero attached hydrogens (tertiary/aromatic N) is 2. The van der Waals surface area contributed by atoms with E-state index in [-0.39, 0.29) is 22.0 Å². The van der Waals surface area contributed by atoms with Gasteiger partial charge in [-0.25, -0.2) is 12.7 Å². The molecular weight excluding hydrogens is 288 g/mol. The van der Waals surface area contributed by atoms with Crippen molar-refractivity contribution in [1.29, 1.82) is 5.26 Å². The van der Waals surface area contributed by atoms with Crippen LogP contribution in [0.5, 0.6) is 0 Å². The third-order valence-electron chi connectivity index (χ3n) is 2.68. The molecule has 0 fully saturated rings. The number of nitriles is 1. The first-order valence-electron chi connectivity index (χ1n) is 5.30. The van der Waals surface area contributed by atoms with Crippen molar-refractivity contribution in [3.63, 3.8) is 0 Å². The summed E-state index contributed by atoms with van der Waals surface area (Å²) in [4.78, 5) is 11.9. The molecule has 0 atom stereocenters. The maximum absolute atomic E-state index is 12.3. The fourth-order valence-corrected chi connectivity index (χ4v) is 3.96. The van der Waals surface area contributed by atoms with Crippen molar-refractivity contribution in [2.75, 3.05) is 6.54 Å². The third kappa shape index (κ3) is 2.11. The average molecular weight is 297 g/mol. The van der Waals surface area contributed by atoms with Crippen LogP contribution in [-0.2, 0) is 10.0 Å². The molecule has 1 heterocycles. The summed E-state index contributed by atoms with van der Waals surface area (Å²) < 4.78 is 25.3. The number of hydrogen-bond donors (Lipinski definition) is 0. The van der Waals surface area contributed by atoms with Crippen molar-refractivity contribution < 1.29 is 13.2 Å². The zero-order valence-corrected chi connectivity index (χ0v) is 11.5. The summed E-state index contributed by atoms with van der Waals surface area (Å²) in [5.74, 6) is -0.622. The molecule has 1 aromatic rings. The molecule has 19 heavy (non-hydrogen) atoms. The second kappa shape index (κ2) is 4.68. The van der Waals surface area contributed by atoms with Crippen molar-refractivity contribution in [3.8, 4) is 6.07 Å². The summed E-state index contributed by atoms with van der Waals surface area (Å²) in [7, 11) is -3.94. The van der Waals surface area contributed by atoms with Gasteiger partial charge in [0.2, 0.25) is 0 Å². The van der Waals surface area contributed by atoms with E-state index < -0.39 is 15.9 Å². The van der Waals surface area contributed by atoms with Crippen molar-refractivity contribution in [3.05, 3.63) is 40.4 Å². The fourth-order valence-electron chi connectivity index (χ4n) is 1.83. The van der Waals surface area contributed by atoms with Crippen LogP contribution in [-0.4, -0.2) is 25.2 Å². The number of sulfonamides is 1. The van der Waals surface area contributed by atoms with E-state index in [4.69, 9.17) is 16.9 Å². The summed E-state index contributed by atoms with van der Waals surface area (Å²) in [6.45, 7) is 1.43. The van der Waals surface area contributed by atoms with Crippen LogP contribution in [0, 0.1) is 11.3 Å². The monoisotopic (exact) mass is 296 g/mol. The SMILES string of the molecule is C/C(=C\C#N)CN1C(=O)c2cccc(Cl)c2S1(=O)=O. The normalized spacial score (nSPS) is 17.2. The van der Waals surface area contributed by atoms with E-state index in [1.165, 1.54) is 24.3 Å². The number of rotatable bonds is 2. The molecule has 0 aromatic heterocycles. The molecule has 1 aliphatic rings. The number of allylic oxidation sites excluding steroid dienone is 1. The molecule has 1 aromatic carbocycles. The predicted molar refractivity (Wildman–Crippen MR) is 69.0 cm³/mol. The Labute approximate surface area is 115 Å². The zero-order valence-electron chi connectivity index (χ0n) is 9.92. The van der Waals surface area contributed by atoms with E-state index in [2.05, 4.69) is 0 Å². The van der Waals surface area contributed by atoms with Gasteiger partial charge in [-0.3, -0.25) is 4.79 Å². The molecule has 1 aliphatic heterocycles. The summed E-state index contributed by atoms with van der Waals surface area (Å²) in [5.41, 5.74) is 0.542. The van der Waals surface area contributed by atoms with E-state index in [0.717, 1.165) is 4.31 Å². The highest BCUT2D eigenvalue weighted by Gasteiger charge is 2.42. The van der Waals surface area contributed by atoms with Crippen LogP contribution < -0.4 is 0 Å². The quantitative estimate of drug-likeness (QED) is 0.782. The predicted octanol–water partition coefficient (Wildman–Crippen LogP) is 1.95. The van der Waals surface area contributed by atoms with Gasteiger partial charge in [-0.15, -0.1) is 0 Å². The Kier molecular flexibility index (Phi) is 3.35. The van der Waals surface area contributed by atoms with E-state index >= 15 is 0 Å². The topological polar surface area (TPSA) is 78.2 Å². The number of fused-ring (bicyclic) bond motifs is 1. The Morgan fingerprint density at radius 1 is 1.53 bits per heavy atom. The molecule has 0 N–H and O–H groups in total. The van der Waals surface area contributed by atoms with E-state index in [1.54, 1.807) is 13.0 Å². The summed E-state index contributed by atoms with van der Waals surface area (Å²) in [6, 6.07) is 6.16. The first-order valence-corrected chi connectivity index (χ1v) is 7.12. The van der Waals surface area contributed by atoms with Crippen LogP contribution in [0.4, 0.5) is 0 Å². The Balaban J connectivity index is 2.54. The number of amides is 1. The lowest BCUT2D eigenvalue weighted by molar-refractivity contribution is 0.0878. The number of halogens is 1. The minimum absolute atomic E-state index is 0.0234. The first kappa shape index (κ1) is 13.6. The molecule has 0 unspecified atom stereocenters. The van der Waals surface area contributed by atoms with Crippen molar-refractivity contribution in [2.24, 2.45) is 0 Å². The second-order valence-electron chi connectivity index (χ2n) is 4.05. The molecule has 0 saturated heterocycles. The lowest BCUT2D eigenvalue weighted by Crippen LogP contribution is -2.31. The van der Waals surface area contributed by atoms with Gasteiger partial charge in [0, 0.05) is 6.08 Å². The highest BCUT2D eigenvalue weighted by atomic mass is 35.5. The van der Waals surface area contributed by atoms with Gasteiger partial charge in [0.1, 0.15) is 4.90 Å². The lowest BCUT2D eigenvalue weighted by atomic mass is 10.2. The molecule has 0 bridgehead atoms. The van der Waals surface area contributed by atoms with Gasteiger partial charge < -0.3 is 0 Å². The summed E-state index contributed by atoms with van der Waals surface area (Å²) in [5, 5.41) is 8.55. The van der Waals surface area contributed by atoms with Crippen LogP contribution in [0.1, 0.15) is 17.3 Å². The highest BCUT2D eigenvalue weighted by molar-refractivity contribution is 7.90. The second-order valence-corrected chi connectivity index (χ2v) is 6.26. The van der Waals surface area contributed by atoms with Crippen LogP contribution in [0.15, 0.2) is 34.7 Å². The lowest BCUT2D eigenvalue weighted by Gasteiger charge is -2.14. The van der Waals surface area contributed by atoms with Crippen LogP contribution >= 0.6 is 11.6 Å². The maximum Gasteiger partial charge on any atom is 0.269 e. The van der Waals surface area contributed by atoms with Gasteiger partial charge in [-0.2, -0.15) is 5.26 Å². The van der Waals surface area contributed by atoms with Gasteiger partial charge in [-0.1, -0.05) is 17.7 Å². The van der Waals surface area contributed by atoms with Gasteiger partial charge in [0.25, 0.3) is 15.9 Å². The number of carbonyl (C=O) groups is 1. The number of benzene rings is 1.